The summed E-state index contributed by atoms with van der Waals surface area (Å²) in [5.41, 5.74) is 5.61. The lowest BCUT2D eigenvalue weighted by Gasteiger charge is -2.09. The molecule has 6 heteroatoms. The highest BCUT2D eigenvalue weighted by atomic mass is 32.2. The lowest BCUT2D eigenvalue weighted by Crippen LogP contribution is -2.17. The predicted octanol–water partition coefficient (Wildman–Crippen LogP) is 4.03. The second-order valence-electron chi connectivity index (χ2n) is 5.54. The Hall–Kier alpha value is -2.73. The second-order valence-corrected chi connectivity index (χ2v) is 6.65. The number of aromatic nitrogens is 3. The summed E-state index contributed by atoms with van der Waals surface area (Å²) in [7, 11) is 0. The molecule has 0 amide bonds. The van der Waals surface area contributed by atoms with Gasteiger partial charge in [0, 0.05) is 5.56 Å². The minimum absolute atomic E-state index is 0.132. The molecule has 0 saturated heterocycles. The van der Waals surface area contributed by atoms with Crippen LogP contribution in [0.25, 0.3) is 17.5 Å². The molecule has 0 saturated carbocycles. The largest absolute Gasteiger partial charge is 0.494 e. The van der Waals surface area contributed by atoms with Crippen LogP contribution in [0.4, 0.5) is 0 Å². The standard InChI is InChI=1S/C19H18N4OS/c1-2-24-16-11-9-15(10-12-16)18-20-21-19-23(18)22-17(25-19)13-8-14-6-4-3-5-7-14/h3-13,17,22H,2H2,1H3/b13-8+. The van der Waals surface area contributed by atoms with Crippen LogP contribution >= 0.6 is 11.8 Å². The SMILES string of the molecule is CCOc1ccc(-c2nnc3n2NC(/C=C/c2ccccc2)S3)cc1. The molecule has 2 heterocycles. The van der Waals surface area contributed by atoms with Crippen molar-refractivity contribution in [1.82, 2.24) is 14.9 Å². The van der Waals surface area contributed by atoms with Crippen molar-refractivity contribution in [2.24, 2.45) is 0 Å². The lowest BCUT2D eigenvalue weighted by atomic mass is 10.2. The van der Waals surface area contributed by atoms with Crippen LogP contribution in [0.3, 0.4) is 0 Å². The zero-order valence-corrected chi connectivity index (χ0v) is 14.6. The number of rotatable bonds is 5. The fourth-order valence-electron chi connectivity index (χ4n) is 2.63. The fourth-order valence-corrected chi connectivity index (χ4v) is 3.50. The Morgan fingerprint density at radius 3 is 2.68 bits per heavy atom. The Morgan fingerprint density at radius 2 is 1.92 bits per heavy atom. The summed E-state index contributed by atoms with van der Waals surface area (Å²) in [6.45, 7) is 2.64. The highest BCUT2D eigenvalue weighted by Gasteiger charge is 2.25. The van der Waals surface area contributed by atoms with Gasteiger partial charge in [-0.1, -0.05) is 48.2 Å². The monoisotopic (exact) mass is 350 g/mol. The van der Waals surface area contributed by atoms with Gasteiger partial charge in [0.2, 0.25) is 5.16 Å². The Kier molecular flexibility index (Phi) is 4.43. The minimum Gasteiger partial charge on any atom is -0.494 e. The van der Waals surface area contributed by atoms with Crippen LogP contribution in [0.1, 0.15) is 12.5 Å². The highest BCUT2D eigenvalue weighted by molar-refractivity contribution is 8.00. The average molecular weight is 350 g/mol. The minimum atomic E-state index is 0.132. The van der Waals surface area contributed by atoms with E-state index >= 15 is 0 Å². The van der Waals surface area contributed by atoms with Crippen molar-refractivity contribution in [2.45, 2.75) is 17.5 Å². The quantitative estimate of drug-likeness (QED) is 0.753. The van der Waals surface area contributed by atoms with Crippen LogP contribution in [-0.2, 0) is 0 Å². The molecule has 5 nitrogen and oxygen atoms in total. The number of benzene rings is 2. The van der Waals surface area contributed by atoms with E-state index in [0.717, 1.165) is 22.3 Å². The first-order chi connectivity index (χ1) is 12.3. The van der Waals surface area contributed by atoms with Gasteiger partial charge >= 0.3 is 0 Å². The number of thioether (sulfide) groups is 1. The molecule has 1 aliphatic rings. The highest BCUT2D eigenvalue weighted by Crippen LogP contribution is 2.32. The Labute approximate surface area is 150 Å². The maximum Gasteiger partial charge on any atom is 0.212 e. The second kappa shape index (κ2) is 7.03. The normalized spacial score (nSPS) is 16.0. The third-order valence-electron chi connectivity index (χ3n) is 3.81. The fraction of sp³-hybridized carbons (Fsp3) is 0.158. The third kappa shape index (κ3) is 3.39. The molecule has 1 aliphatic heterocycles. The van der Waals surface area contributed by atoms with Crippen LogP contribution in [-0.4, -0.2) is 26.9 Å². The first kappa shape index (κ1) is 15.8. The summed E-state index contributed by atoms with van der Waals surface area (Å²) in [6.07, 6.45) is 4.25. The van der Waals surface area contributed by atoms with Gasteiger partial charge in [0.25, 0.3) is 0 Å². The lowest BCUT2D eigenvalue weighted by molar-refractivity contribution is 0.340. The molecule has 1 atom stereocenters. The Balaban J connectivity index is 1.50. The van der Waals surface area contributed by atoms with Crippen LogP contribution in [0, 0.1) is 0 Å². The molecule has 1 N–H and O–H groups in total. The topological polar surface area (TPSA) is 52.0 Å². The average Bonchev–Trinajstić information content (AvgIpc) is 3.22. The van der Waals surface area contributed by atoms with Crippen LogP contribution in [0.15, 0.2) is 65.8 Å². The van der Waals surface area contributed by atoms with E-state index in [0.29, 0.717) is 6.61 Å². The van der Waals surface area contributed by atoms with Crippen LogP contribution in [0.5, 0.6) is 5.75 Å². The van der Waals surface area contributed by atoms with Gasteiger partial charge in [-0.25, -0.2) is 4.68 Å². The van der Waals surface area contributed by atoms with E-state index in [9.17, 15) is 0 Å². The summed E-state index contributed by atoms with van der Waals surface area (Å²) in [5, 5.41) is 9.59. The van der Waals surface area contributed by atoms with E-state index in [1.54, 1.807) is 11.8 Å². The van der Waals surface area contributed by atoms with E-state index in [1.165, 1.54) is 5.56 Å². The summed E-state index contributed by atoms with van der Waals surface area (Å²) in [5.74, 6) is 1.67. The molecular weight excluding hydrogens is 332 g/mol. The van der Waals surface area contributed by atoms with Gasteiger partial charge in [0.15, 0.2) is 5.82 Å². The number of hydrogen-bond donors (Lipinski definition) is 1. The molecule has 1 unspecified atom stereocenters. The van der Waals surface area contributed by atoms with Gasteiger partial charge in [-0.2, -0.15) is 0 Å². The molecule has 2 aromatic carbocycles. The van der Waals surface area contributed by atoms with E-state index in [1.807, 2.05) is 54.1 Å². The summed E-state index contributed by atoms with van der Waals surface area (Å²) in [4.78, 5) is 0. The molecule has 3 aromatic rings. The molecule has 126 valence electrons. The molecule has 0 aliphatic carbocycles. The van der Waals surface area contributed by atoms with Crippen molar-refractivity contribution in [3.05, 3.63) is 66.2 Å². The molecule has 4 rings (SSSR count). The summed E-state index contributed by atoms with van der Waals surface area (Å²) in [6, 6.07) is 18.2. The zero-order chi connectivity index (χ0) is 17.1. The first-order valence-corrected chi connectivity index (χ1v) is 9.06. The predicted molar refractivity (Wildman–Crippen MR) is 101 cm³/mol. The molecule has 0 fully saturated rings. The number of nitrogens with one attached hydrogen (secondary N) is 1. The maximum absolute atomic E-state index is 5.49. The van der Waals surface area contributed by atoms with E-state index in [2.05, 4.69) is 39.9 Å². The van der Waals surface area contributed by atoms with Gasteiger partial charge in [-0.05, 0) is 42.8 Å². The van der Waals surface area contributed by atoms with Crippen molar-refractivity contribution in [3.63, 3.8) is 0 Å². The molecule has 1 aromatic heterocycles. The molecule has 0 spiro atoms. The molecule has 0 bridgehead atoms. The number of nitrogens with zero attached hydrogens (tertiary/aromatic N) is 3. The third-order valence-corrected chi connectivity index (χ3v) is 4.80. The van der Waals surface area contributed by atoms with Gasteiger partial charge < -0.3 is 10.2 Å². The smallest absolute Gasteiger partial charge is 0.212 e. The van der Waals surface area contributed by atoms with Gasteiger partial charge in [0.05, 0.1) is 6.61 Å². The van der Waals surface area contributed by atoms with E-state index < -0.39 is 0 Å². The summed E-state index contributed by atoms with van der Waals surface area (Å²) >= 11 is 1.65. The van der Waals surface area contributed by atoms with Crippen molar-refractivity contribution in [3.8, 4) is 17.1 Å². The van der Waals surface area contributed by atoms with E-state index in [4.69, 9.17) is 4.74 Å². The first-order valence-electron chi connectivity index (χ1n) is 8.18. The van der Waals surface area contributed by atoms with Crippen molar-refractivity contribution < 1.29 is 4.74 Å². The van der Waals surface area contributed by atoms with Crippen molar-refractivity contribution in [2.75, 3.05) is 12.0 Å². The van der Waals surface area contributed by atoms with Crippen molar-refractivity contribution >= 4 is 17.8 Å². The van der Waals surface area contributed by atoms with Gasteiger partial charge in [-0.15, -0.1) is 10.2 Å². The molecule has 0 radical (unpaired) electrons. The number of hydrogen-bond acceptors (Lipinski definition) is 5. The Bertz CT molecular complexity index is 874. The van der Waals surface area contributed by atoms with E-state index in [-0.39, 0.29) is 5.37 Å². The zero-order valence-electron chi connectivity index (χ0n) is 13.8. The Morgan fingerprint density at radius 1 is 1.12 bits per heavy atom. The van der Waals surface area contributed by atoms with Gasteiger partial charge in [-0.3, -0.25) is 0 Å². The molecule has 25 heavy (non-hydrogen) atoms. The van der Waals surface area contributed by atoms with Crippen LogP contribution < -0.4 is 10.2 Å². The number of fused-ring (bicyclic) bond motifs is 1. The van der Waals surface area contributed by atoms with Crippen molar-refractivity contribution in [1.29, 1.82) is 0 Å². The summed E-state index contributed by atoms with van der Waals surface area (Å²) < 4.78 is 7.43. The maximum atomic E-state index is 5.49. The number of ether oxygens (including phenoxy) is 1. The van der Waals surface area contributed by atoms with Crippen LogP contribution in [0.2, 0.25) is 0 Å². The van der Waals surface area contributed by atoms with Gasteiger partial charge in [0.1, 0.15) is 11.1 Å². The molecular formula is C19H18N4OS.